The summed E-state index contributed by atoms with van der Waals surface area (Å²) in [4.78, 5) is 18.1. The highest BCUT2D eigenvalue weighted by molar-refractivity contribution is 14.0. The summed E-state index contributed by atoms with van der Waals surface area (Å²) < 4.78 is 6.87. The van der Waals surface area contributed by atoms with Gasteiger partial charge in [-0.3, -0.25) is 4.79 Å². The van der Waals surface area contributed by atoms with E-state index < -0.39 is 0 Å². The van der Waals surface area contributed by atoms with Crippen molar-refractivity contribution in [1.82, 2.24) is 15.5 Å². The molecule has 1 amide bonds. The molecule has 27 heavy (non-hydrogen) atoms. The van der Waals surface area contributed by atoms with E-state index in [-0.39, 0.29) is 36.0 Å². The molecule has 1 aliphatic rings. The molecule has 0 aliphatic carbocycles. The molecule has 1 fully saturated rings. The van der Waals surface area contributed by atoms with Gasteiger partial charge in [-0.1, -0.05) is 12.1 Å². The highest BCUT2D eigenvalue weighted by Crippen LogP contribution is 2.24. The van der Waals surface area contributed by atoms with Crippen molar-refractivity contribution in [3.8, 4) is 5.75 Å². The summed E-state index contributed by atoms with van der Waals surface area (Å²) in [7, 11) is 0. The minimum atomic E-state index is -0.0358. The Bertz CT molecular complexity index is 615. The second-order valence-corrected chi connectivity index (χ2v) is 7.20. The summed E-state index contributed by atoms with van der Waals surface area (Å²) >= 11 is 3.49. The Hall–Kier alpha value is -1.03. The van der Waals surface area contributed by atoms with Crippen LogP contribution in [0, 0.1) is 0 Å². The smallest absolute Gasteiger partial charge is 0.222 e. The lowest BCUT2D eigenvalue weighted by Crippen LogP contribution is -2.39. The molecular weight excluding hydrogens is 523 g/mol. The van der Waals surface area contributed by atoms with E-state index in [1.807, 2.05) is 43.0 Å². The van der Waals surface area contributed by atoms with Gasteiger partial charge in [-0.2, -0.15) is 0 Å². The van der Waals surface area contributed by atoms with E-state index in [0.717, 1.165) is 55.2 Å². The van der Waals surface area contributed by atoms with Gasteiger partial charge in [0.05, 0.1) is 11.0 Å². The van der Waals surface area contributed by atoms with Crippen LogP contribution >= 0.6 is 39.9 Å². The van der Waals surface area contributed by atoms with Gasteiger partial charge in [0.25, 0.3) is 0 Å². The first kappa shape index (κ1) is 24.0. The summed E-state index contributed by atoms with van der Waals surface area (Å²) in [5.41, 5.74) is 0. The predicted octanol–water partition coefficient (Wildman–Crippen LogP) is 3.40. The number of likely N-dealkylation sites (tertiary alicyclic amines) is 1. The van der Waals surface area contributed by atoms with E-state index in [0.29, 0.717) is 13.0 Å². The number of rotatable bonds is 9. The summed E-state index contributed by atoms with van der Waals surface area (Å²) in [5.74, 6) is 1.88. The fourth-order valence-electron chi connectivity index (χ4n) is 2.77. The molecule has 1 aromatic carbocycles. The van der Waals surface area contributed by atoms with Gasteiger partial charge in [-0.15, -0.1) is 24.0 Å². The van der Waals surface area contributed by atoms with Crippen LogP contribution in [0.1, 0.15) is 33.1 Å². The summed E-state index contributed by atoms with van der Waals surface area (Å²) in [5, 5.41) is 6.57. The van der Waals surface area contributed by atoms with Crippen molar-refractivity contribution < 1.29 is 9.53 Å². The number of para-hydroxylation sites is 1. The zero-order chi connectivity index (χ0) is 18.8. The monoisotopic (exact) mass is 552 g/mol. The molecule has 1 atom stereocenters. The van der Waals surface area contributed by atoms with Gasteiger partial charge in [0.2, 0.25) is 5.91 Å². The maximum Gasteiger partial charge on any atom is 0.222 e. The number of guanidine groups is 1. The van der Waals surface area contributed by atoms with E-state index in [4.69, 9.17) is 4.74 Å². The van der Waals surface area contributed by atoms with Crippen LogP contribution in [-0.2, 0) is 4.79 Å². The van der Waals surface area contributed by atoms with Crippen molar-refractivity contribution in [2.24, 2.45) is 4.99 Å². The van der Waals surface area contributed by atoms with Crippen LogP contribution in [0.2, 0.25) is 0 Å². The summed E-state index contributed by atoms with van der Waals surface area (Å²) in [6.45, 7) is 7.91. The molecule has 1 saturated heterocycles. The second-order valence-electron chi connectivity index (χ2n) is 6.34. The van der Waals surface area contributed by atoms with Crippen LogP contribution in [0.25, 0.3) is 0 Å². The van der Waals surface area contributed by atoms with Crippen molar-refractivity contribution in [3.05, 3.63) is 28.7 Å². The first-order chi connectivity index (χ1) is 12.6. The summed E-state index contributed by atoms with van der Waals surface area (Å²) in [6, 6.07) is 7.81. The van der Waals surface area contributed by atoms with Crippen molar-refractivity contribution in [2.75, 3.05) is 32.7 Å². The van der Waals surface area contributed by atoms with Crippen LogP contribution in [0.5, 0.6) is 5.75 Å². The standard InChI is InChI=1S/C19H29BrN4O2.HI/c1-3-21-19(22-11-7-13-24-12-6-10-18(24)25)23-14-15(2)26-17-9-5-4-8-16(17)20;/h4-5,8-9,15H,3,6-7,10-14H2,1-2H3,(H2,21,22,23);1H. The molecule has 1 unspecified atom stereocenters. The molecule has 6 nitrogen and oxygen atoms in total. The molecule has 0 radical (unpaired) electrons. The van der Waals surface area contributed by atoms with E-state index >= 15 is 0 Å². The maximum atomic E-state index is 11.6. The van der Waals surface area contributed by atoms with Crippen LogP contribution in [0.3, 0.4) is 0 Å². The molecule has 0 spiro atoms. The molecule has 8 heteroatoms. The van der Waals surface area contributed by atoms with Gasteiger partial charge in [0, 0.05) is 32.6 Å². The first-order valence-electron chi connectivity index (χ1n) is 9.31. The first-order valence-corrected chi connectivity index (χ1v) is 10.1. The number of carbonyl (C=O) groups excluding carboxylic acids is 1. The third-order valence-electron chi connectivity index (χ3n) is 4.08. The minimum absolute atomic E-state index is 0. The van der Waals surface area contributed by atoms with E-state index in [1.165, 1.54) is 0 Å². The Morgan fingerprint density at radius 2 is 2.15 bits per heavy atom. The molecule has 0 bridgehead atoms. The number of ether oxygens (including phenoxy) is 1. The van der Waals surface area contributed by atoms with E-state index in [1.54, 1.807) is 0 Å². The highest BCUT2D eigenvalue weighted by Gasteiger charge is 2.18. The predicted molar refractivity (Wildman–Crippen MR) is 124 cm³/mol. The van der Waals surface area contributed by atoms with Gasteiger partial charge < -0.3 is 20.3 Å². The zero-order valence-corrected chi connectivity index (χ0v) is 20.0. The fourth-order valence-corrected chi connectivity index (χ4v) is 3.15. The second kappa shape index (κ2) is 13.2. The molecule has 1 heterocycles. The highest BCUT2D eigenvalue weighted by atomic mass is 127. The molecule has 2 N–H and O–H groups in total. The molecule has 0 saturated carbocycles. The van der Waals surface area contributed by atoms with Crippen LogP contribution in [-0.4, -0.2) is 55.6 Å². The van der Waals surface area contributed by atoms with Gasteiger partial charge in [-0.05, 0) is 54.8 Å². The van der Waals surface area contributed by atoms with Crippen molar-refractivity contribution in [3.63, 3.8) is 0 Å². The number of benzene rings is 1. The summed E-state index contributed by atoms with van der Waals surface area (Å²) in [6.07, 6.45) is 2.57. The van der Waals surface area contributed by atoms with Crippen LogP contribution in [0.15, 0.2) is 33.7 Å². The molecular formula is C19H30BrIN4O2. The number of nitrogens with one attached hydrogen (secondary N) is 2. The van der Waals surface area contributed by atoms with Gasteiger partial charge in [-0.25, -0.2) is 4.99 Å². The SMILES string of the molecule is CCNC(=NCC(C)Oc1ccccc1Br)NCCCN1CCCC1=O.I. The van der Waals surface area contributed by atoms with Crippen LogP contribution in [0.4, 0.5) is 0 Å². The Morgan fingerprint density at radius 3 is 2.81 bits per heavy atom. The number of carbonyl (C=O) groups is 1. The fraction of sp³-hybridized carbons (Fsp3) is 0.579. The number of halogens is 2. The van der Waals surface area contributed by atoms with Crippen molar-refractivity contribution in [2.45, 2.75) is 39.2 Å². The Balaban J connectivity index is 0.00000364. The van der Waals surface area contributed by atoms with E-state index in [2.05, 4.69) is 31.6 Å². The topological polar surface area (TPSA) is 66.0 Å². The minimum Gasteiger partial charge on any atom is -0.488 e. The normalized spacial score (nSPS) is 15.3. The Morgan fingerprint density at radius 1 is 1.37 bits per heavy atom. The van der Waals surface area contributed by atoms with Gasteiger partial charge >= 0.3 is 0 Å². The number of aliphatic imine (C=N–C) groups is 1. The largest absolute Gasteiger partial charge is 0.488 e. The number of nitrogens with zero attached hydrogens (tertiary/aromatic N) is 2. The Labute approximate surface area is 187 Å². The molecule has 0 aromatic heterocycles. The van der Waals surface area contributed by atoms with Gasteiger partial charge in [0.15, 0.2) is 5.96 Å². The van der Waals surface area contributed by atoms with Gasteiger partial charge in [0.1, 0.15) is 11.9 Å². The quantitative estimate of drug-likeness (QED) is 0.213. The average Bonchev–Trinajstić information content (AvgIpc) is 3.03. The lowest BCUT2D eigenvalue weighted by atomic mass is 10.3. The molecule has 152 valence electrons. The third-order valence-corrected chi connectivity index (χ3v) is 4.74. The van der Waals surface area contributed by atoms with Crippen molar-refractivity contribution in [1.29, 1.82) is 0 Å². The third kappa shape index (κ3) is 8.68. The molecule has 2 rings (SSSR count). The Kier molecular flexibility index (Phi) is 11.7. The maximum absolute atomic E-state index is 11.6. The zero-order valence-electron chi connectivity index (χ0n) is 16.0. The number of hydrogen-bond donors (Lipinski definition) is 2. The average molecular weight is 553 g/mol. The molecule has 1 aromatic rings. The molecule has 1 aliphatic heterocycles. The number of amides is 1. The number of hydrogen-bond acceptors (Lipinski definition) is 3. The van der Waals surface area contributed by atoms with E-state index in [9.17, 15) is 4.79 Å². The van der Waals surface area contributed by atoms with Crippen molar-refractivity contribution >= 4 is 51.8 Å². The van der Waals surface area contributed by atoms with Crippen LogP contribution < -0.4 is 15.4 Å². The lowest BCUT2D eigenvalue weighted by molar-refractivity contribution is -0.127. The lowest BCUT2D eigenvalue weighted by Gasteiger charge is -2.17.